The van der Waals surface area contributed by atoms with Crippen molar-refractivity contribution in [2.45, 2.75) is 26.2 Å². The van der Waals surface area contributed by atoms with E-state index in [1.54, 1.807) is 6.20 Å². The van der Waals surface area contributed by atoms with Crippen molar-refractivity contribution in [1.29, 1.82) is 0 Å². The predicted octanol–water partition coefficient (Wildman–Crippen LogP) is 4.08. The minimum absolute atomic E-state index is 0.628. The summed E-state index contributed by atoms with van der Waals surface area (Å²) in [6.07, 6.45) is 7.01. The summed E-state index contributed by atoms with van der Waals surface area (Å²) >= 11 is 0. The van der Waals surface area contributed by atoms with Gasteiger partial charge in [-0.25, -0.2) is 4.68 Å². The number of fused-ring (bicyclic) bond motifs is 1. The summed E-state index contributed by atoms with van der Waals surface area (Å²) in [6, 6.07) is 12.1. The predicted molar refractivity (Wildman–Crippen MR) is 99.4 cm³/mol. The van der Waals surface area contributed by atoms with Crippen LogP contribution in [0, 0.1) is 0 Å². The Kier molecular flexibility index (Phi) is 4.37. The highest BCUT2D eigenvalue weighted by Gasteiger charge is 2.23. The van der Waals surface area contributed by atoms with Crippen LogP contribution in [0.2, 0.25) is 0 Å². The molecule has 0 radical (unpaired) electrons. The van der Waals surface area contributed by atoms with Crippen LogP contribution in [0.15, 0.2) is 48.8 Å². The molecule has 25 heavy (non-hydrogen) atoms. The van der Waals surface area contributed by atoms with Crippen LogP contribution in [0.1, 0.15) is 25.3 Å². The van der Waals surface area contributed by atoms with Gasteiger partial charge in [0, 0.05) is 30.1 Å². The van der Waals surface area contributed by atoms with E-state index in [0.717, 1.165) is 54.3 Å². The SMILES string of the molecule is CCOc1ccccc1-n1nc(-c2cccnc2)c2c1NCCCC2. The maximum atomic E-state index is 5.83. The number of ether oxygens (including phenoxy) is 1. The summed E-state index contributed by atoms with van der Waals surface area (Å²) in [5.74, 6) is 1.92. The zero-order valence-electron chi connectivity index (χ0n) is 14.4. The van der Waals surface area contributed by atoms with Crippen LogP contribution in [0.4, 0.5) is 5.82 Å². The number of nitrogens with one attached hydrogen (secondary N) is 1. The van der Waals surface area contributed by atoms with Gasteiger partial charge in [0.2, 0.25) is 0 Å². The third kappa shape index (κ3) is 2.97. The first-order chi connectivity index (χ1) is 12.4. The molecule has 1 aliphatic heterocycles. The van der Waals surface area contributed by atoms with E-state index in [0.29, 0.717) is 6.61 Å². The normalized spacial score (nSPS) is 13.6. The molecule has 0 atom stereocenters. The Morgan fingerprint density at radius 1 is 1.16 bits per heavy atom. The van der Waals surface area contributed by atoms with Gasteiger partial charge < -0.3 is 10.1 Å². The maximum Gasteiger partial charge on any atom is 0.145 e. The molecule has 4 rings (SSSR count). The number of pyridine rings is 1. The number of hydrogen-bond donors (Lipinski definition) is 1. The zero-order chi connectivity index (χ0) is 17.1. The van der Waals surface area contributed by atoms with E-state index < -0.39 is 0 Å². The molecule has 0 saturated heterocycles. The number of hydrogen-bond acceptors (Lipinski definition) is 4. The quantitative estimate of drug-likeness (QED) is 0.781. The fourth-order valence-electron chi connectivity index (χ4n) is 3.32. The van der Waals surface area contributed by atoms with Crippen molar-refractivity contribution >= 4 is 5.82 Å². The lowest BCUT2D eigenvalue weighted by atomic mass is 10.1. The number of aromatic nitrogens is 3. The van der Waals surface area contributed by atoms with E-state index in [2.05, 4.69) is 22.4 Å². The minimum Gasteiger partial charge on any atom is -0.492 e. The lowest BCUT2D eigenvalue weighted by molar-refractivity contribution is 0.338. The maximum absolute atomic E-state index is 5.83. The molecular formula is C20H22N4O. The molecule has 0 bridgehead atoms. The molecule has 0 unspecified atom stereocenters. The molecule has 0 fully saturated rings. The second-order valence-corrected chi connectivity index (χ2v) is 6.11. The van der Waals surface area contributed by atoms with Gasteiger partial charge in [-0.3, -0.25) is 4.98 Å². The first-order valence-corrected chi connectivity index (χ1v) is 8.87. The van der Waals surface area contributed by atoms with Gasteiger partial charge in [-0.1, -0.05) is 12.1 Å². The van der Waals surface area contributed by atoms with Gasteiger partial charge in [0.1, 0.15) is 17.3 Å². The molecule has 5 heteroatoms. The molecule has 5 nitrogen and oxygen atoms in total. The molecule has 0 aliphatic carbocycles. The molecular weight excluding hydrogens is 312 g/mol. The summed E-state index contributed by atoms with van der Waals surface area (Å²) in [5, 5.41) is 8.53. The summed E-state index contributed by atoms with van der Waals surface area (Å²) in [5.41, 5.74) is 4.28. The molecule has 128 valence electrons. The number of nitrogens with zero attached hydrogens (tertiary/aromatic N) is 3. The van der Waals surface area contributed by atoms with Crippen molar-refractivity contribution < 1.29 is 4.74 Å². The zero-order valence-corrected chi connectivity index (χ0v) is 14.4. The van der Waals surface area contributed by atoms with E-state index >= 15 is 0 Å². The Hall–Kier alpha value is -2.82. The van der Waals surface area contributed by atoms with Crippen LogP contribution in [0.25, 0.3) is 16.9 Å². The van der Waals surface area contributed by atoms with Crippen LogP contribution in [-0.4, -0.2) is 27.9 Å². The molecule has 3 heterocycles. The summed E-state index contributed by atoms with van der Waals surface area (Å²) < 4.78 is 7.82. The van der Waals surface area contributed by atoms with Gasteiger partial charge >= 0.3 is 0 Å². The Bertz CT molecular complexity index is 857. The summed E-state index contributed by atoms with van der Waals surface area (Å²) in [7, 11) is 0. The standard InChI is InChI=1S/C20H22N4O/c1-2-25-18-11-4-3-10-17(18)24-20-16(9-5-6-13-22-20)19(23-24)15-8-7-12-21-14-15/h3-4,7-8,10-12,14,22H,2,5-6,9,13H2,1H3. The molecule has 1 N–H and O–H groups in total. The number of para-hydroxylation sites is 2. The number of benzene rings is 1. The van der Waals surface area contributed by atoms with Crippen molar-refractivity contribution in [1.82, 2.24) is 14.8 Å². The molecule has 3 aromatic rings. The number of rotatable bonds is 4. The lowest BCUT2D eigenvalue weighted by Crippen LogP contribution is -2.08. The van der Waals surface area contributed by atoms with Gasteiger partial charge in [0.15, 0.2) is 0 Å². The van der Waals surface area contributed by atoms with E-state index in [4.69, 9.17) is 9.84 Å². The van der Waals surface area contributed by atoms with E-state index in [1.807, 2.05) is 42.1 Å². The Morgan fingerprint density at radius 3 is 2.92 bits per heavy atom. The van der Waals surface area contributed by atoms with Crippen LogP contribution in [0.3, 0.4) is 0 Å². The Morgan fingerprint density at radius 2 is 2.08 bits per heavy atom. The minimum atomic E-state index is 0.628. The van der Waals surface area contributed by atoms with Gasteiger partial charge in [-0.2, -0.15) is 5.10 Å². The lowest BCUT2D eigenvalue weighted by Gasteiger charge is -2.13. The van der Waals surface area contributed by atoms with Crippen molar-refractivity contribution in [3.63, 3.8) is 0 Å². The molecule has 2 aromatic heterocycles. The molecule has 0 saturated carbocycles. The number of anilines is 1. The highest BCUT2D eigenvalue weighted by atomic mass is 16.5. The highest BCUT2D eigenvalue weighted by molar-refractivity contribution is 5.71. The van der Waals surface area contributed by atoms with E-state index in [1.165, 1.54) is 5.56 Å². The third-order valence-electron chi connectivity index (χ3n) is 4.46. The molecule has 0 spiro atoms. The first-order valence-electron chi connectivity index (χ1n) is 8.87. The molecule has 1 aliphatic rings. The second kappa shape index (κ2) is 6.97. The monoisotopic (exact) mass is 334 g/mol. The molecule has 1 aromatic carbocycles. The third-order valence-corrected chi connectivity index (χ3v) is 4.46. The smallest absolute Gasteiger partial charge is 0.145 e. The highest BCUT2D eigenvalue weighted by Crippen LogP contribution is 2.35. The van der Waals surface area contributed by atoms with E-state index in [9.17, 15) is 0 Å². The first kappa shape index (κ1) is 15.7. The average Bonchev–Trinajstić information content (AvgIpc) is 2.84. The topological polar surface area (TPSA) is 52.0 Å². The van der Waals surface area contributed by atoms with Crippen molar-refractivity contribution in [3.8, 4) is 22.7 Å². The fourth-order valence-corrected chi connectivity index (χ4v) is 3.32. The fraction of sp³-hybridized carbons (Fsp3) is 0.300. The van der Waals surface area contributed by atoms with Gasteiger partial charge in [0.25, 0.3) is 0 Å². The molecule has 0 amide bonds. The Labute approximate surface area is 147 Å². The van der Waals surface area contributed by atoms with Crippen LogP contribution >= 0.6 is 0 Å². The van der Waals surface area contributed by atoms with Crippen LogP contribution in [0.5, 0.6) is 5.75 Å². The summed E-state index contributed by atoms with van der Waals surface area (Å²) in [4.78, 5) is 4.27. The van der Waals surface area contributed by atoms with Crippen molar-refractivity contribution in [3.05, 3.63) is 54.4 Å². The van der Waals surface area contributed by atoms with Crippen molar-refractivity contribution in [2.24, 2.45) is 0 Å². The van der Waals surface area contributed by atoms with Gasteiger partial charge in [-0.05, 0) is 50.5 Å². The van der Waals surface area contributed by atoms with Gasteiger partial charge in [-0.15, -0.1) is 0 Å². The second-order valence-electron chi connectivity index (χ2n) is 6.11. The van der Waals surface area contributed by atoms with E-state index in [-0.39, 0.29) is 0 Å². The van der Waals surface area contributed by atoms with Gasteiger partial charge in [0.05, 0.1) is 12.3 Å². The summed E-state index contributed by atoms with van der Waals surface area (Å²) in [6.45, 7) is 3.59. The van der Waals surface area contributed by atoms with Crippen LogP contribution < -0.4 is 10.1 Å². The van der Waals surface area contributed by atoms with Crippen molar-refractivity contribution in [2.75, 3.05) is 18.5 Å². The van der Waals surface area contributed by atoms with Crippen LogP contribution in [-0.2, 0) is 6.42 Å². The average molecular weight is 334 g/mol. The Balaban J connectivity index is 1.91. The largest absolute Gasteiger partial charge is 0.492 e.